The van der Waals surface area contributed by atoms with Gasteiger partial charge in [0, 0.05) is 0 Å². The molecule has 6 heteroatoms. The Balaban J connectivity index is 0. The van der Waals surface area contributed by atoms with Gasteiger partial charge in [-0.1, -0.05) is 18.2 Å². The molecule has 0 bridgehead atoms. The maximum absolute atomic E-state index is 9.98. The molecule has 0 aromatic heterocycles. The van der Waals surface area contributed by atoms with Crippen LogP contribution in [0.15, 0.2) is 30.3 Å². The molecule has 0 amide bonds. The van der Waals surface area contributed by atoms with Crippen LogP contribution < -0.4 is 10.3 Å². The van der Waals surface area contributed by atoms with Gasteiger partial charge in [-0.3, -0.25) is 0 Å². The summed E-state index contributed by atoms with van der Waals surface area (Å²) in [6.07, 6.45) is 0. The van der Waals surface area contributed by atoms with Gasteiger partial charge in [0.15, 0.2) is 0 Å². The predicted molar refractivity (Wildman–Crippen MR) is 49.6 cm³/mol. The summed E-state index contributed by atoms with van der Waals surface area (Å²) in [7, 11) is -2.78. The minimum atomic E-state index is -2.78. The second kappa shape index (κ2) is 7.57. The maximum atomic E-state index is 9.98. The molecule has 0 fully saturated rings. The van der Waals surface area contributed by atoms with E-state index in [1.54, 1.807) is 30.3 Å². The van der Waals surface area contributed by atoms with E-state index in [1.165, 1.54) is 0 Å². The Morgan fingerprint density at radius 2 is 1.58 bits per heavy atom. The SMILES string of the molecule is N.O=[SH](=O)Oc1ccccc1.[NaH]. The van der Waals surface area contributed by atoms with Gasteiger partial charge in [0.2, 0.25) is 0 Å². The first-order valence-electron chi connectivity index (χ1n) is 2.66. The molecule has 1 aromatic carbocycles. The summed E-state index contributed by atoms with van der Waals surface area (Å²) >= 11 is 0. The fourth-order valence-electron chi connectivity index (χ4n) is 0.567. The third-order valence-electron chi connectivity index (χ3n) is 0.923. The topological polar surface area (TPSA) is 78.4 Å². The molecule has 0 aliphatic heterocycles. The Labute approximate surface area is 95.0 Å². The zero-order chi connectivity index (χ0) is 7.40. The third-order valence-corrected chi connectivity index (χ3v) is 1.28. The standard InChI is InChI=1S/C6H6O3S.H3N.Na.H/c7-10(8)9-6-4-2-1-3-5-6;;;/h1-5,10H;1H3;;. The zero-order valence-electron chi connectivity index (χ0n) is 5.77. The van der Waals surface area contributed by atoms with Crippen LogP contribution in [0.2, 0.25) is 0 Å². The Bertz CT molecular complexity index is 267. The number of para-hydroxylation sites is 1. The normalized spacial score (nSPS) is 8.08. The van der Waals surface area contributed by atoms with Crippen LogP contribution in [0.5, 0.6) is 5.75 Å². The van der Waals surface area contributed by atoms with E-state index >= 15 is 0 Å². The molecule has 0 unspecified atom stereocenters. The predicted octanol–water partition coefficient (Wildman–Crippen LogP) is 0.105. The second-order valence-electron chi connectivity index (χ2n) is 1.63. The summed E-state index contributed by atoms with van der Waals surface area (Å²) in [5.74, 6) is 0.346. The average Bonchev–Trinajstić information content (AvgIpc) is 1.88. The molecule has 0 aliphatic carbocycles. The van der Waals surface area contributed by atoms with E-state index in [9.17, 15) is 8.42 Å². The minimum absolute atomic E-state index is 0. The molecule has 0 atom stereocenters. The summed E-state index contributed by atoms with van der Waals surface area (Å²) in [5, 5.41) is 0. The van der Waals surface area contributed by atoms with Gasteiger partial charge in [-0.15, -0.1) is 0 Å². The van der Waals surface area contributed by atoms with E-state index < -0.39 is 11.0 Å². The van der Waals surface area contributed by atoms with E-state index in [-0.39, 0.29) is 35.7 Å². The van der Waals surface area contributed by atoms with E-state index in [4.69, 9.17) is 0 Å². The van der Waals surface area contributed by atoms with Gasteiger partial charge in [-0.05, 0) is 12.1 Å². The van der Waals surface area contributed by atoms with E-state index in [2.05, 4.69) is 4.18 Å². The quantitative estimate of drug-likeness (QED) is 0.523. The van der Waals surface area contributed by atoms with E-state index in [0.29, 0.717) is 5.75 Å². The first kappa shape index (κ1) is 14.5. The van der Waals surface area contributed by atoms with E-state index in [0.717, 1.165) is 0 Å². The molecule has 4 nitrogen and oxygen atoms in total. The summed E-state index contributed by atoms with van der Waals surface area (Å²) < 4.78 is 24.3. The number of benzene rings is 1. The molecule has 0 heterocycles. The summed E-state index contributed by atoms with van der Waals surface area (Å²) in [6.45, 7) is 0. The fraction of sp³-hybridized carbons (Fsp3) is 0. The molecule has 0 saturated heterocycles. The number of hydrogen-bond acceptors (Lipinski definition) is 4. The Morgan fingerprint density at radius 3 is 2.00 bits per heavy atom. The van der Waals surface area contributed by atoms with Gasteiger partial charge in [0.1, 0.15) is 5.75 Å². The van der Waals surface area contributed by atoms with Crippen LogP contribution in [0.3, 0.4) is 0 Å². The fourth-order valence-corrected chi connectivity index (χ4v) is 0.861. The van der Waals surface area contributed by atoms with Gasteiger partial charge in [0.25, 0.3) is 11.0 Å². The third kappa shape index (κ3) is 5.56. The molecule has 0 spiro atoms. The molecule has 0 saturated carbocycles. The van der Waals surface area contributed by atoms with Crippen LogP contribution in [0, 0.1) is 0 Å². The molecule has 3 N–H and O–H groups in total. The Morgan fingerprint density at radius 1 is 1.08 bits per heavy atom. The molecular formula is C6H10NNaO3S. The average molecular weight is 199 g/mol. The molecule has 0 radical (unpaired) electrons. The van der Waals surface area contributed by atoms with Crippen molar-refractivity contribution in [3.05, 3.63) is 30.3 Å². The summed E-state index contributed by atoms with van der Waals surface area (Å²) in [6, 6.07) is 8.34. The van der Waals surface area contributed by atoms with Crippen molar-refractivity contribution in [2.75, 3.05) is 0 Å². The van der Waals surface area contributed by atoms with Gasteiger partial charge in [-0.25, -0.2) is 0 Å². The molecule has 12 heavy (non-hydrogen) atoms. The van der Waals surface area contributed by atoms with Crippen molar-refractivity contribution in [2.45, 2.75) is 0 Å². The summed E-state index contributed by atoms with van der Waals surface area (Å²) in [5.41, 5.74) is 0. The first-order valence-corrected chi connectivity index (χ1v) is 3.76. The van der Waals surface area contributed by atoms with Crippen molar-refractivity contribution in [1.82, 2.24) is 6.15 Å². The van der Waals surface area contributed by atoms with E-state index in [1.807, 2.05) is 0 Å². The van der Waals surface area contributed by atoms with Crippen LogP contribution in [0.4, 0.5) is 0 Å². The molecule has 1 rings (SSSR count). The molecule has 0 aliphatic rings. The number of rotatable bonds is 2. The molecule has 1 aromatic rings. The Hall–Kier alpha value is -0.0700. The summed E-state index contributed by atoms with van der Waals surface area (Å²) in [4.78, 5) is 0. The number of thiol groups is 1. The monoisotopic (exact) mass is 199 g/mol. The molecule has 64 valence electrons. The number of hydrogen-bond donors (Lipinski definition) is 2. The van der Waals surface area contributed by atoms with Gasteiger partial charge < -0.3 is 10.3 Å². The van der Waals surface area contributed by atoms with Gasteiger partial charge >= 0.3 is 29.6 Å². The van der Waals surface area contributed by atoms with Crippen LogP contribution in [0.25, 0.3) is 0 Å². The van der Waals surface area contributed by atoms with Gasteiger partial charge in [0.05, 0.1) is 0 Å². The zero-order valence-corrected chi connectivity index (χ0v) is 6.66. The molecular weight excluding hydrogens is 189 g/mol. The van der Waals surface area contributed by atoms with Crippen molar-refractivity contribution in [3.8, 4) is 5.75 Å². The van der Waals surface area contributed by atoms with Crippen LogP contribution in [-0.4, -0.2) is 38.0 Å². The van der Waals surface area contributed by atoms with Crippen molar-refractivity contribution in [1.29, 1.82) is 0 Å². The Kier molecular flexibility index (Phi) is 9.12. The second-order valence-corrected chi connectivity index (χ2v) is 2.26. The van der Waals surface area contributed by atoms with Gasteiger partial charge in [-0.2, -0.15) is 8.42 Å². The van der Waals surface area contributed by atoms with Crippen molar-refractivity contribution >= 4 is 40.5 Å². The van der Waals surface area contributed by atoms with Crippen molar-refractivity contribution in [3.63, 3.8) is 0 Å². The van der Waals surface area contributed by atoms with Crippen LogP contribution in [0.1, 0.15) is 0 Å². The van der Waals surface area contributed by atoms with Crippen molar-refractivity contribution in [2.24, 2.45) is 0 Å². The first-order chi connectivity index (χ1) is 4.79. The van der Waals surface area contributed by atoms with Crippen molar-refractivity contribution < 1.29 is 12.6 Å². The van der Waals surface area contributed by atoms with Crippen LogP contribution >= 0.6 is 0 Å². The van der Waals surface area contributed by atoms with Crippen LogP contribution in [-0.2, 0) is 11.0 Å².